The molecule has 0 fully saturated rings. The number of carbonyl (C=O) groups excluding carboxylic acids is 3. The molecule has 3 aromatic carbocycles. The van der Waals surface area contributed by atoms with Gasteiger partial charge in [0.1, 0.15) is 6.04 Å². The molecule has 3 amide bonds. The maximum atomic E-state index is 13.2. The van der Waals surface area contributed by atoms with Crippen LogP contribution in [0.3, 0.4) is 0 Å². The zero-order chi connectivity index (χ0) is 23.8. The molecule has 170 valence electrons. The van der Waals surface area contributed by atoms with Crippen LogP contribution in [0, 0.1) is 13.8 Å². The van der Waals surface area contributed by atoms with Gasteiger partial charge in [-0.05, 0) is 54.8 Å². The van der Waals surface area contributed by atoms with Gasteiger partial charge in [-0.3, -0.25) is 14.4 Å². The number of carbonyl (C=O) groups is 3. The molecule has 6 heteroatoms. The molecular formula is C27H29N3O3. The maximum absolute atomic E-state index is 13.2. The number of amides is 3. The highest BCUT2D eigenvalue weighted by Gasteiger charge is 2.25. The van der Waals surface area contributed by atoms with Crippen molar-refractivity contribution >= 4 is 23.4 Å². The topological polar surface area (TPSA) is 78.5 Å². The summed E-state index contributed by atoms with van der Waals surface area (Å²) in [5.41, 5.74) is 4.25. The van der Waals surface area contributed by atoms with Gasteiger partial charge in [-0.15, -0.1) is 0 Å². The Morgan fingerprint density at radius 1 is 0.848 bits per heavy atom. The van der Waals surface area contributed by atoms with Gasteiger partial charge < -0.3 is 15.5 Å². The molecule has 0 radical (unpaired) electrons. The van der Waals surface area contributed by atoms with Gasteiger partial charge in [0.25, 0.3) is 5.91 Å². The van der Waals surface area contributed by atoms with Crippen LogP contribution in [0.15, 0.2) is 78.9 Å². The van der Waals surface area contributed by atoms with E-state index in [1.807, 2.05) is 80.6 Å². The highest BCUT2D eigenvalue weighted by atomic mass is 16.2. The summed E-state index contributed by atoms with van der Waals surface area (Å²) in [7, 11) is 1.68. The van der Waals surface area contributed by atoms with Crippen LogP contribution < -0.4 is 15.5 Å². The zero-order valence-electron chi connectivity index (χ0n) is 19.2. The van der Waals surface area contributed by atoms with E-state index in [2.05, 4.69) is 10.6 Å². The summed E-state index contributed by atoms with van der Waals surface area (Å²) in [6.07, 6.45) is 0.341. The Kier molecular flexibility index (Phi) is 7.97. The lowest BCUT2D eigenvalue weighted by atomic mass is 10.0. The van der Waals surface area contributed by atoms with E-state index in [4.69, 9.17) is 0 Å². The van der Waals surface area contributed by atoms with Crippen molar-refractivity contribution in [3.05, 3.63) is 101 Å². The van der Waals surface area contributed by atoms with Gasteiger partial charge in [-0.25, -0.2) is 0 Å². The van der Waals surface area contributed by atoms with Crippen LogP contribution in [0.5, 0.6) is 0 Å². The van der Waals surface area contributed by atoms with Crippen molar-refractivity contribution in [3.63, 3.8) is 0 Å². The molecule has 0 aromatic heterocycles. The zero-order valence-corrected chi connectivity index (χ0v) is 19.2. The Morgan fingerprint density at radius 2 is 1.48 bits per heavy atom. The van der Waals surface area contributed by atoms with Gasteiger partial charge in [0.15, 0.2) is 0 Å². The van der Waals surface area contributed by atoms with Crippen LogP contribution in [0.1, 0.15) is 27.0 Å². The molecule has 1 atom stereocenters. The molecule has 0 unspecified atom stereocenters. The van der Waals surface area contributed by atoms with Gasteiger partial charge in [-0.2, -0.15) is 0 Å². The predicted molar refractivity (Wildman–Crippen MR) is 130 cm³/mol. The van der Waals surface area contributed by atoms with Crippen molar-refractivity contribution in [2.75, 3.05) is 18.5 Å². The first-order valence-corrected chi connectivity index (χ1v) is 10.9. The molecule has 0 spiro atoms. The molecule has 6 nitrogen and oxygen atoms in total. The number of nitrogens with zero attached hydrogens (tertiary/aromatic N) is 1. The lowest BCUT2D eigenvalue weighted by Crippen LogP contribution is -2.51. The summed E-state index contributed by atoms with van der Waals surface area (Å²) in [6, 6.07) is 23.4. The normalized spacial score (nSPS) is 11.4. The summed E-state index contributed by atoms with van der Waals surface area (Å²) in [5.74, 6) is -0.998. The lowest BCUT2D eigenvalue weighted by molar-refractivity contribution is -0.126. The number of nitrogens with one attached hydrogen (secondary N) is 2. The summed E-state index contributed by atoms with van der Waals surface area (Å²) < 4.78 is 0. The second kappa shape index (κ2) is 11.1. The van der Waals surface area contributed by atoms with Gasteiger partial charge in [0.2, 0.25) is 11.8 Å². The standard InChI is InChI=1S/C27H29N3O3/c1-19-14-15-22(16-20(19)2)26(32)28-18-25(31)29-24(17-21-10-6-4-7-11-21)27(33)30(3)23-12-8-5-9-13-23/h4-16,24H,17-18H2,1-3H3,(H,28,32)(H,29,31)/t24-/m0/s1. The minimum Gasteiger partial charge on any atom is -0.343 e. The summed E-state index contributed by atoms with van der Waals surface area (Å²) >= 11 is 0. The molecule has 0 aliphatic rings. The summed E-state index contributed by atoms with van der Waals surface area (Å²) in [5, 5.41) is 5.44. The lowest BCUT2D eigenvalue weighted by Gasteiger charge is -2.25. The average Bonchev–Trinajstić information content (AvgIpc) is 2.84. The molecule has 0 heterocycles. The number of rotatable bonds is 8. The van der Waals surface area contributed by atoms with Crippen molar-refractivity contribution < 1.29 is 14.4 Å². The molecular weight excluding hydrogens is 414 g/mol. The van der Waals surface area contributed by atoms with Crippen molar-refractivity contribution in [1.29, 1.82) is 0 Å². The van der Waals surface area contributed by atoms with Crippen LogP contribution in [0.2, 0.25) is 0 Å². The molecule has 0 bridgehead atoms. The summed E-state index contributed by atoms with van der Waals surface area (Å²) in [4.78, 5) is 39.9. The first-order valence-electron chi connectivity index (χ1n) is 10.9. The van der Waals surface area contributed by atoms with Crippen molar-refractivity contribution in [3.8, 4) is 0 Å². The molecule has 33 heavy (non-hydrogen) atoms. The van der Waals surface area contributed by atoms with E-state index in [0.717, 1.165) is 22.4 Å². The SMILES string of the molecule is Cc1ccc(C(=O)NCC(=O)N[C@@H](Cc2ccccc2)C(=O)N(C)c2ccccc2)cc1C. The fraction of sp³-hybridized carbons (Fsp3) is 0.222. The third-order valence-corrected chi connectivity index (χ3v) is 5.57. The first-order chi connectivity index (χ1) is 15.8. The molecule has 0 saturated heterocycles. The number of benzene rings is 3. The van der Waals surface area contributed by atoms with E-state index in [9.17, 15) is 14.4 Å². The largest absolute Gasteiger partial charge is 0.343 e. The number of likely N-dealkylation sites (N-methyl/N-ethyl adjacent to an activating group) is 1. The minimum atomic E-state index is -0.774. The van der Waals surface area contributed by atoms with Crippen LogP contribution in [-0.4, -0.2) is 37.4 Å². The van der Waals surface area contributed by atoms with E-state index < -0.39 is 11.9 Å². The van der Waals surface area contributed by atoms with Gasteiger partial charge in [-0.1, -0.05) is 54.6 Å². The third-order valence-electron chi connectivity index (χ3n) is 5.57. The number of hydrogen-bond acceptors (Lipinski definition) is 3. The van der Waals surface area contributed by atoms with E-state index in [-0.39, 0.29) is 18.4 Å². The quantitative estimate of drug-likeness (QED) is 0.560. The van der Waals surface area contributed by atoms with Gasteiger partial charge in [0.05, 0.1) is 6.54 Å². The van der Waals surface area contributed by atoms with E-state index in [1.54, 1.807) is 19.2 Å². The second-order valence-corrected chi connectivity index (χ2v) is 8.02. The highest BCUT2D eigenvalue weighted by Crippen LogP contribution is 2.14. The molecule has 2 N–H and O–H groups in total. The van der Waals surface area contributed by atoms with Crippen LogP contribution in [0.4, 0.5) is 5.69 Å². The van der Waals surface area contributed by atoms with Gasteiger partial charge >= 0.3 is 0 Å². The first kappa shape index (κ1) is 23.7. The van der Waals surface area contributed by atoms with Crippen molar-refractivity contribution in [2.45, 2.75) is 26.3 Å². The number of hydrogen-bond donors (Lipinski definition) is 2. The van der Waals surface area contributed by atoms with Crippen LogP contribution in [0.25, 0.3) is 0 Å². The Balaban J connectivity index is 1.68. The summed E-state index contributed by atoms with van der Waals surface area (Å²) in [6.45, 7) is 3.68. The molecule has 0 aliphatic carbocycles. The average molecular weight is 444 g/mol. The molecule has 0 aliphatic heterocycles. The minimum absolute atomic E-state index is 0.223. The number of para-hydroxylation sites is 1. The fourth-order valence-electron chi connectivity index (χ4n) is 3.45. The van der Waals surface area contributed by atoms with Crippen molar-refractivity contribution in [1.82, 2.24) is 10.6 Å². The van der Waals surface area contributed by atoms with Crippen LogP contribution >= 0.6 is 0 Å². The Labute approximate surface area is 194 Å². The molecule has 0 saturated carbocycles. The maximum Gasteiger partial charge on any atom is 0.251 e. The smallest absolute Gasteiger partial charge is 0.251 e. The van der Waals surface area contributed by atoms with Crippen LogP contribution in [-0.2, 0) is 16.0 Å². The van der Waals surface area contributed by atoms with Crippen molar-refractivity contribution in [2.24, 2.45) is 0 Å². The van der Waals surface area contributed by atoms with E-state index >= 15 is 0 Å². The predicted octanol–water partition coefficient (Wildman–Crippen LogP) is 3.42. The second-order valence-electron chi connectivity index (χ2n) is 8.02. The van der Waals surface area contributed by atoms with Gasteiger partial charge in [0, 0.05) is 24.7 Å². The Bertz CT molecular complexity index is 1110. The monoisotopic (exact) mass is 443 g/mol. The molecule has 3 aromatic rings. The number of aryl methyl sites for hydroxylation is 2. The van der Waals surface area contributed by atoms with E-state index in [1.165, 1.54) is 4.90 Å². The molecule has 3 rings (SSSR count). The Morgan fingerprint density at radius 3 is 2.12 bits per heavy atom. The Hall–Kier alpha value is -3.93. The highest BCUT2D eigenvalue weighted by molar-refractivity contribution is 6.00. The van der Waals surface area contributed by atoms with E-state index in [0.29, 0.717) is 12.0 Å². The third kappa shape index (κ3) is 6.53. The fourth-order valence-corrected chi connectivity index (χ4v) is 3.45. The number of anilines is 1.